The molecule has 13 heteroatoms. The molecule has 2 aliphatic heterocycles. The Morgan fingerprint density at radius 2 is 2.15 bits per heavy atom. The second-order valence-corrected chi connectivity index (χ2v) is 7.71. The number of hydrogen-bond acceptors (Lipinski definition) is 8. The fraction of sp³-hybridized carbons (Fsp3) is 0.500. The molecule has 2 fully saturated rings. The summed E-state index contributed by atoms with van der Waals surface area (Å²) in [5, 5.41) is 10.1. The van der Waals surface area contributed by atoms with Gasteiger partial charge in [0.05, 0.1) is 33.1 Å². The number of ether oxygens (including phenoxy) is 2. The minimum Gasteiger partial charge on any atom is -0.481 e. The summed E-state index contributed by atoms with van der Waals surface area (Å²) in [5.41, 5.74) is -0.189. The van der Waals surface area contributed by atoms with E-state index < -0.39 is 12.1 Å². The minimum absolute atomic E-state index is 0.0130. The van der Waals surface area contributed by atoms with Crippen LogP contribution in [0.1, 0.15) is 12.2 Å². The number of alkyl halides is 3. The minimum atomic E-state index is -5.08. The maximum absolute atomic E-state index is 12.5. The van der Waals surface area contributed by atoms with E-state index in [0.29, 0.717) is 38.0 Å². The smallest absolute Gasteiger partial charge is 0.481 e. The summed E-state index contributed by atoms with van der Waals surface area (Å²) in [4.78, 5) is 32.0. The number of hydrogen-bond donors (Lipinski definition) is 2. The Kier molecular flexibility index (Phi) is 7.41. The van der Waals surface area contributed by atoms with Crippen molar-refractivity contribution in [2.75, 3.05) is 38.3 Å². The molecule has 0 aromatic carbocycles. The van der Waals surface area contributed by atoms with Gasteiger partial charge >= 0.3 is 12.1 Å². The lowest BCUT2D eigenvalue weighted by Crippen LogP contribution is -2.37. The molecule has 4 rings (SSSR count). The van der Waals surface area contributed by atoms with Crippen molar-refractivity contribution in [3.05, 3.63) is 36.5 Å². The van der Waals surface area contributed by atoms with Crippen molar-refractivity contribution in [1.82, 2.24) is 15.3 Å². The average Bonchev–Trinajstić information content (AvgIpc) is 3.48. The molecule has 180 valence electrons. The third-order valence-electron chi connectivity index (χ3n) is 5.48. The molecular weight excluding hydrogens is 449 g/mol. The molecule has 1 amide bonds. The van der Waals surface area contributed by atoms with Crippen molar-refractivity contribution in [3.8, 4) is 5.88 Å². The first-order valence-electron chi connectivity index (χ1n) is 9.91. The van der Waals surface area contributed by atoms with Crippen LogP contribution in [0.25, 0.3) is 0 Å². The fourth-order valence-electron chi connectivity index (χ4n) is 3.85. The Balaban J connectivity index is 0.000000383. The Morgan fingerprint density at radius 3 is 2.79 bits per heavy atom. The number of aromatic nitrogens is 2. The highest BCUT2D eigenvalue weighted by molar-refractivity contribution is 5.77. The van der Waals surface area contributed by atoms with Crippen LogP contribution in [-0.4, -0.2) is 66.5 Å². The van der Waals surface area contributed by atoms with Crippen LogP contribution >= 0.6 is 0 Å². The molecule has 0 radical (unpaired) electrons. The number of nitrogens with one attached hydrogen (secondary N) is 1. The summed E-state index contributed by atoms with van der Waals surface area (Å²) in [7, 11) is 1.59. The number of nitrogens with zero attached hydrogens (tertiary/aromatic N) is 3. The van der Waals surface area contributed by atoms with Crippen LogP contribution in [0.5, 0.6) is 5.88 Å². The highest BCUT2D eigenvalue weighted by Crippen LogP contribution is 2.45. The van der Waals surface area contributed by atoms with E-state index in [2.05, 4.69) is 20.2 Å². The van der Waals surface area contributed by atoms with Gasteiger partial charge in [-0.2, -0.15) is 13.2 Å². The van der Waals surface area contributed by atoms with E-state index in [1.807, 2.05) is 18.2 Å². The number of carbonyl (C=O) groups excluding carboxylic acids is 1. The lowest BCUT2D eigenvalue weighted by atomic mass is 9.78. The number of fused-ring (bicyclic) bond motifs is 1. The van der Waals surface area contributed by atoms with Gasteiger partial charge in [0.15, 0.2) is 0 Å². The van der Waals surface area contributed by atoms with Crippen molar-refractivity contribution in [1.29, 1.82) is 0 Å². The van der Waals surface area contributed by atoms with Gasteiger partial charge in [-0.15, -0.1) is 0 Å². The Labute approximate surface area is 186 Å². The number of halogens is 3. The van der Waals surface area contributed by atoms with E-state index in [1.54, 1.807) is 13.4 Å². The van der Waals surface area contributed by atoms with Crippen molar-refractivity contribution in [2.45, 2.75) is 19.1 Å². The number of methoxy groups -OCH3 is 1. The van der Waals surface area contributed by atoms with E-state index in [9.17, 15) is 18.0 Å². The second-order valence-electron chi connectivity index (χ2n) is 7.71. The first-order chi connectivity index (χ1) is 15.6. The van der Waals surface area contributed by atoms with Gasteiger partial charge in [-0.1, -0.05) is 0 Å². The SMILES string of the molecule is COc1cc(N2C[C@@H]3COC[C@]3(CC(=O)NCc3ccco3)C2)ncn1.O=C(O)C(F)(F)F. The fourth-order valence-corrected chi connectivity index (χ4v) is 3.85. The molecule has 0 bridgehead atoms. The first-order valence-corrected chi connectivity index (χ1v) is 9.91. The molecule has 2 saturated heterocycles. The van der Waals surface area contributed by atoms with Gasteiger partial charge in [-0.05, 0) is 12.1 Å². The van der Waals surface area contributed by atoms with E-state index in [4.69, 9.17) is 23.8 Å². The Morgan fingerprint density at radius 1 is 1.39 bits per heavy atom. The van der Waals surface area contributed by atoms with E-state index in [0.717, 1.165) is 24.7 Å². The van der Waals surface area contributed by atoms with Crippen molar-refractivity contribution in [3.63, 3.8) is 0 Å². The van der Waals surface area contributed by atoms with Gasteiger partial charge < -0.3 is 29.2 Å². The van der Waals surface area contributed by atoms with Crippen LogP contribution in [0.2, 0.25) is 0 Å². The van der Waals surface area contributed by atoms with Gasteiger partial charge in [0, 0.05) is 36.9 Å². The molecule has 10 nitrogen and oxygen atoms in total. The van der Waals surface area contributed by atoms with Crippen LogP contribution < -0.4 is 15.0 Å². The number of carboxylic acids is 1. The molecule has 2 N–H and O–H groups in total. The standard InChI is InChI=1S/C18H22N4O4.C2HF3O2/c1-24-17-5-15(20-12-21-17)22-8-13-9-25-11-18(13,10-22)6-16(23)19-7-14-3-2-4-26-14;3-2(4,5)1(6)7/h2-5,12-13H,6-11H2,1H3,(H,19,23);(H,6,7)/t13-,18+;/m1./s1. The highest BCUT2D eigenvalue weighted by Gasteiger charge is 2.52. The summed E-state index contributed by atoms with van der Waals surface area (Å²) in [6, 6.07) is 5.48. The van der Waals surface area contributed by atoms with E-state index >= 15 is 0 Å². The van der Waals surface area contributed by atoms with E-state index in [-0.39, 0.29) is 11.3 Å². The van der Waals surface area contributed by atoms with Gasteiger partial charge in [0.25, 0.3) is 0 Å². The zero-order valence-corrected chi connectivity index (χ0v) is 17.7. The highest BCUT2D eigenvalue weighted by atomic mass is 19.4. The summed E-state index contributed by atoms with van der Waals surface area (Å²) in [5.74, 6) is -0.337. The monoisotopic (exact) mass is 472 g/mol. The normalized spacial score (nSPS) is 21.7. The Hall–Kier alpha value is -3.35. The summed E-state index contributed by atoms with van der Waals surface area (Å²) < 4.78 is 47.9. The molecule has 0 unspecified atom stereocenters. The summed E-state index contributed by atoms with van der Waals surface area (Å²) in [6.45, 7) is 3.20. The van der Waals surface area contributed by atoms with Crippen molar-refractivity contribution < 1.29 is 41.8 Å². The zero-order valence-electron chi connectivity index (χ0n) is 17.7. The van der Waals surface area contributed by atoms with Crippen LogP contribution in [0.4, 0.5) is 19.0 Å². The third-order valence-corrected chi connectivity index (χ3v) is 5.48. The largest absolute Gasteiger partial charge is 0.490 e. The number of rotatable bonds is 6. The average molecular weight is 472 g/mol. The molecule has 2 aliphatic rings. The van der Waals surface area contributed by atoms with Gasteiger partial charge in [0.1, 0.15) is 17.9 Å². The molecule has 4 heterocycles. The van der Waals surface area contributed by atoms with Crippen LogP contribution in [-0.2, 0) is 20.9 Å². The molecular formula is C20H23F3N4O6. The number of anilines is 1. The predicted molar refractivity (Wildman–Crippen MR) is 106 cm³/mol. The molecule has 2 aromatic heterocycles. The number of amides is 1. The summed E-state index contributed by atoms with van der Waals surface area (Å²) >= 11 is 0. The molecule has 0 aliphatic carbocycles. The van der Waals surface area contributed by atoms with Crippen LogP contribution in [0, 0.1) is 11.3 Å². The van der Waals surface area contributed by atoms with Gasteiger partial charge in [0.2, 0.25) is 11.8 Å². The molecule has 2 atom stereocenters. The lowest BCUT2D eigenvalue weighted by Gasteiger charge is -2.26. The topological polar surface area (TPSA) is 127 Å². The quantitative estimate of drug-likeness (QED) is 0.648. The molecule has 0 saturated carbocycles. The predicted octanol–water partition coefficient (Wildman–Crippen LogP) is 1.87. The third kappa shape index (κ3) is 6.12. The molecule has 2 aromatic rings. The second kappa shape index (κ2) is 10.1. The number of aliphatic carboxylic acids is 1. The van der Waals surface area contributed by atoms with Gasteiger partial charge in [-0.3, -0.25) is 4.79 Å². The van der Waals surface area contributed by atoms with E-state index in [1.165, 1.54) is 6.33 Å². The lowest BCUT2D eigenvalue weighted by molar-refractivity contribution is -0.192. The van der Waals surface area contributed by atoms with Crippen LogP contribution in [0.15, 0.2) is 35.2 Å². The maximum Gasteiger partial charge on any atom is 0.490 e. The van der Waals surface area contributed by atoms with Crippen LogP contribution in [0.3, 0.4) is 0 Å². The van der Waals surface area contributed by atoms with Crippen molar-refractivity contribution >= 4 is 17.7 Å². The Bertz CT molecular complexity index is 956. The van der Waals surface area contributed by atoms with Gasteiger partial charge in [-0.25, -0.2) is 14.8 Å². The van der Waals surface area contributed by atoms with Crippen molar-refractivity contribution in [2.24, 2.45) is 11.3 Å². The first kappa shape index (κ1) is 24.3. The zero-order chi connectivity index (χ0) is 24.1. The molecule has 0 spiro atoms. The molecule has 33 heavy (non-hydrogen) atoms. The summed E-state index contributed by atoms with van der Waals surface area (Å²) in [6.07, 6.45) is -1.55. The number of furan rings is 1. The maximum atomic E-state index is 12.5. The number of carboxylic acid groups (broad SMARTS) is 1. The number of carbonyl (C=O) groups is 2.